The zero-order valence-electron chi connectivity index (χ0n) is 10.8. The predicted octanol–water partition coefficient (Wildman–Crippen LogP) is 2.77. The van der Waals surface area contributed by atoms with Gasteiger partial charge in [0.1, 0.15) is 5.82 Å². The fourth-order valence-corrected chi connectivity index (χ4v) is 3.62. The van der Waals surface area contributed by atoms with Crippen molar-refractivity contribution in [3.63, 3.8) is 0 Å². The van der Waals surface area contributed by atoms with E-state index >= 15 is 0 Å². The summed E-state index contributed by atoms with van der Waals surface area (Å²) in [4.78, 5) is 8.59. The molecule has 3 rings (SSSR count). The third kappa shape index (κ3) is 2.92. The lowest BCUT2D eigenvalue weighted by Crippen LogP contribution is -2.20. The van der Waals surface area contributed by atoms with Crippen molar-refractivity contribution in [3.8, 4) is 0 Å². The van der Waals surface area contributed by atoms with Gasteiger partial charge in [0.2, 0.25) is 5.95 Å². The number of fused-ring (bicyclic) bond motifs is 1. The quantitative estimate of drug-likeness (QED) is 0.901. The summed E-state index contributed by atoms with van der Waals surface area (Å²) in [5.74, 6) is 4.50. The number of hydrogen-bond donors (Lipinski definition) is 2. The maximum Gasteiger partial charge on any atom is 0.222 e. The SMILES string of the molecule is Nc1nc(NCC2CCSCC2)c2ccccc2n1. The first-order valence-corrected chi connectivity index (χ1v) is 7.82. The van der Waals surface area contributed by atoms with E-state index in [1.807, 2.05) is 24.3 Å². The zero-order valence-corrected chi connectivity index (χ0v) is 11.6. The Balaban J connectivity index is 1.79. The van der Waals surface area contributed by atoms with Gasteiger partial charge in [0, 0.05) is 11.9 Å². The van der Waals surface area contributed by atoms with Crippen LogP contribution in [0.4, 0.5) is 11.8 Å². The molecule has 1 aromatic heterocycles. The van der Waals surface area contributed by atoms with Crippen LogP contribution in [0.1, 0.15) is 12.8 Å². The maximum atomic E-state index is 5.77. The number of para-hydroxylation sites is 1. The molecule has 0 atom stereocenters. The highest BCUT2D eigenvalue weighted by molar-refractivity contribution is 7.99. The van der Waals surface area contributed by atoms with E-state index in [2.05, 4.69) is 27.0 Å². The summed E-state index contributed by atoms with van der Waals surface area (Å²) in [5, 5.41) is 4.50. The van der Waals surface area contributed by atoms with Crippen LogP contribution in [0.5, 0.6) is 0 Å². The molecule has 5 heteroatoms. The van der Waals surface area contributed by atoms with Crippen molar-refractivity contribution in [3.05, 3.63) is 24.3 Å². The van der Waals surface area contributed by atoms with Gasteiger partial charge in [-0.25, -0.2) is 4.98 Å². The van der Waals surface area contributed by atoms with Crippen molar-refractivity contribution in [1.82, 2.24) is 9.97 Å². The lowest BCUT2D eigenvalue weighted by Gasteiger charge is -2.22. The van der Waals surface area contributed by atoms with Crippen molar-refractivity contribution >= 4 is 34.4 Å². The Morgan fingerprint density at radius 2 is 2.00 bits per heavy atom. The molecule has 0 unspecified atom stereocenters. The van der Waals surface area contributed by atoms with Gasteiger partial charge in [-0.15, -0.1) is 0 Å². The second-order valence-corrected chi connectivity index (χ2v) is 6.11. The summed E-state index contributed by atoms with van der Waals surface area (Å²) in [7, 11) is 0. The van der Waals surface area contributed by atoms with Crippen LogP contribution in [0.2, 0.25) is 0 Å². The Hall–Kier alpha value is -1.49. The number of nitrogens with two attached hydrogens (primary N) is 1. The average Bonchev–Trinajstić information content (AvgIpc) is 2.45. The van der Waals surface area contributed by atoms with Gasteiger partial charge in [-0.3, -0.25) is 0 Å². The largest absolute Gasteiger partial charge is 0.369 e. The lowest BCUT2D eigenvalue weighted by atomic mass is 10.0. The van der Waals surface area contributed by atoms with E-state index < -0.39 is 0 Å². The Bertz CT molecular complexity index is 566. The van der Waals surface area contributed by atoms with Crippen LogP contribution in [0.15, 0.2) is 24.3 Å². The molecule has 1 aliphatic heterocycles. The Kier molecular flexibility index (Phi) is 3.73. The molecule has 1 fully saturated rings. The Morgan fingerprint density at radius 1 is 1.21 bits per heavy atom. The van der Waals surface area contributed by atoms with Gasteiger partial charge in [-0.1, -0.05) is 12.1 Å². The molecule has 4 nitrogen and oxygen atoms in total. The first-order chi connectivity index (χ1) is 9.33. The van der Waals surface area contributed by atoms with Gasteiger partial charge in [0.25, 0.3) is 0 Å². The fraction of sp³-hybridized carbons (Fsp3) is 0.429. The molecular formula is C14H18N4S. The van der Waals surface area contributed by atoms with Gasteiger partial charge in [-0.2, -0.15) is 16.7 Å². The Morgan fingerprint density at radius 3 is 2.84 bits per heavy atom. The molecule has 2 heterocycles. The van der Waals surface area contributed by atoms with Crippen molar-refractivity contribution < 1.29 is 0 Å². The highest BCUT2D eigenvalue weighted by atomic mass is 32.2. The summed E-state index contributed by atoms with van der Waals surface area (Å²) < 4.78 is 0. The van der Waals surface area contributed by atoms with E-state index in [4.69, 9.17) is 5.73 Å². The molecule has 1 saturated heterocycles. The van der Waals surface area contributed by atoms with Crippen LogP contribution in [0.3, 0.4) is 0 Å². The molecule has 1 aromatic carbocycles. The third-order valence-electron chi connectivity index (χ3n) is 3.52. The van der Waals surface area contributed by atoms with Gasteiger partial charge in [0.05, 0.1) is 5.52 Å². The summed E-state index contributed by atoms with van der Waals surface area (Å²) >= 11 is 2.05. The number of anilines is 2. The molecule has 0 aliphatic carbocycles. The number of nitrogens with one attached hydrogen (secondary N) is 1. The predicted molar refractivity (Wildman–Crippen MR) is 82.5 cm³/mol. The minimum absolute atomic E-state index is 0.334. The Labute approximate surface area is 117 Å². The maximum absolute atomic E-state index is 5.77. The van der Waals surface area contributed by atoms with Gasteiger partial charge >= 0.3 is 0 Å². The van der Waals surface area contributed by atoms with E-state index in [9.17, 15) is 0 Å². The summed E-state index contributed by atoms with van der Waals surface area (Å²) in [6.07, 6.45) is 2.58. The number of nitrogen functional groups attached to an aromatic ring is 1. The molecule has 19 heavy (non-hydrogen) atoms. The zero-order chi connectivity index (χ0) is 13.1. The number of aromatic nitrogens is 2. The molecule has 0 bridgehead atoms. The molecule has 0 spiro atoms. The summed E-state index contributed by atoms with van der Waals surface area (Å²) in [5.41, 5.74) is 6.67. The van der Waals surface area contributed by atoms with E-state index in [1.54, 1.807) is 0 Å². The first kappa shape index (κ1) is 12.5. The van der Waals surface area contributed by atoms with E-state index in [-0.39, 0.29) is 0 Å². The first-order valence-electron chi connectivity index (χ1n) is 6.67. The molecule has 0 saturated carbocycles. The van der Waals surface area contributed by atoms with Crippen LogP contribution >= 0.6 is 11.8 Å². The molecular weight excluding hydrogens is 256 g/mol. The molecule has 1 aliphatic rings. The number of rotatable bonds is 3. The average molecular weight is 274 g/mol. The van der Waals surface area contributed by atoms with Crippen LogP contribution in [-0.2, 0) is 0 Å². The van der Waals surface area contributed by atoms with Crippen molar-refractivity contribution in [2.24, 2.45) is 5.92 Å². The van der Waals surface area contributed by atoms with Crippen LogP contribution < -0.4 is 11.1 Å². The molecule has 3 N–H and O–H groups in total. The number of thioether (sulfide) groups is 1. The van der Waals surface area contributed by atoms with Gasteiger partial charge in [-0.05, 0) is 42.4 Å². The van der Waals surface area contributed by atoms with E-state index in [1.165, 1.54) is 24.3 Å². The van der Waals surface area contributed by atoms with Gasteiger partial charge < -0.3 is 11.1 Å². The van der Waals surface area contributed by atoms with Crippen LogP contribution in [-0.4, -0.2) is 28.0 Å². The summed E-state index contributed by atoms with van der Waals surface area (Å²) in [6, 6.07) is 7.98. The monoisotopic (exact) mass is 274 g/mol. The third-order valence-corrected chi connectivity index (χ3v) is 4.57. The van der Waals surface area contributed by atoms with Crippen molar-refractivity contribution in [1.29, 1.82) is 0 Å². The molecule has 0 radical (unpaired) electrons. The second kappa shape index (κ2) is 5.65. The normalized spacial score (nSPS) is 16.6. The molecule has 0 amide bonds. The minimum Gasteiger partial charge on any atom is -0.369 e. The lowest BCUT2D eigenvalue weighted by molar-refractivity contribution is 0.516. The summed E-state index contributed by atoms with van der Waals surface area (Å²) in [6.45, 7) is 0.973. The number of benzene rings is 1. The van der Waals surface area contributed by atoms with E-state index in [0.717, 1.165) is 29.2 Å². The standard InChI is InChI=1S/C14H18N4S/c15-14-17-12-4-2-1-3-11(12)13(18-14)16-9-10-5-7-19-8-6-10/h1-4,10H,5-9H2,(H3,15,16,17,18). The fourth-order valence-electron chi connectivity index (χ4n) is 2.42. The van der Waals surface area contributed by atoms with Gasteiger partial charge in [0.15, 0.2) is 0 Å². The highest BCUT2D eigenvalue weighted by Crippen LogP contribution is 2.25. The highest BCUT2D eigenvalue weighted by Gasteiger charge is 2.14. The second-order valence-electron chi connectivity index (χ2n) is 4.88. The topological polar surface area (TPSA) is 63.8 Å². The smallest absolute Gasteiger partial charge is 0.222 e. The molecule has 2 aromatic rings. The van der Waals surface area contributed by atoms with E-state index in [0.29, 0.717) is 5.95 Å². The minimum atomic E-state index is 0.334. The van der Waals surface area contributed by atoms with Crippen molar-refractivity contribution in [2.45, 2.75) is 12.8 Å². The number of nitrogens with zero attached hydrogens (tertiary/aromatic N) is 2. The number of hydrogen-bond acceptors (Lipinski definition) is 5. The molecule has 100 valence electrons. The van der Waals surface area contributed by atoms with Crippen LogP contribution in [0, 0.1) is 5.92 Å². The van der Waals surface area contributed by atoms with Crippen molar-refractivity contribution in [2.75, 3.05) is 29.1 Å². The van der Waals surface area contributed by atoms with Crippen LogP contribution in [0.25, 0.3) is 10.9 Å².